The summed E-state index contributed by atoms with van der Waals surface area (Å²) in [6.45, 7) is 0.0848. The van der Waals surface area contributed by atoms with Gasteiger partial charge >= 0.3 is 0 Å². The van der Waals surface area contributed by atoms with Crippen molar-refractivity contribution in [2.45, 2.75) is 44.6 Å². The quantitative estimate of drug-likeness (QED) is 0.896. The van der Waals surface area contributed by atoms with Gasteiger partial charge in [-0.3, -0.25) is 4.79 Å². The lowest BCUT2D eigenvalue weighted by Crippen LogP contribution is -2.54. The molecule has 2 N–H and O–H groups in total. The molecule has 4 fully saturated rings. The fourth-order valence-corrected chi connectivity index (χ4v) is 5.62. The molecule has 23 heavy (non-hydrogen) atoms. The number of hydrogen-bond acceptors (Lipinski definition) is 2. The number of carbonyl (C=O) groups excluding carboxylic acids is 1. The second kappa shape index (κ2) is 5.59. The van der Waals surface area contributed by atoms with Crippen molar-refractivity contribution in [1.82, 2.24) is 5.32 Å². The van der Waals surface area contributed by atoms with Crippen molar-refractivity contribution in [1.29, 1.82) is 0 Å². The summed E-state index contributed by atoms with van der Waals surface area (Å²) < 4.78 is 13.7. The maximum absolute atomic E-state index is 13.7. The Morgan fingerprint density at radius 3 is 2.30 bits per heavy atom. The summed E-state index contributed by atoms with van der Waals surface area (Å²) in [5.41, 5.74) is 0.0299. The van der Waals surface area contributed by atoms with Crippen molar-refractivity contribution in [3.8, 4) is 0 Å². The molecule has 4 aliphatic rings. The maximum Gasteiger partial charge on any atom is 0.226 e. The van der Waals surface area contributed by atoms with Gasteiger partial charge in [-0.25, -0.2) is 4.39 Å². The van der Waals surface area contributed by atoms with Crippen LogP contribution in [0.25, 0.3) is 0 Å². The Morgan fingerprint density at radius 1 is 1.17 bits per heavy atom. The summed E-state index contributed by atoms with van der Waals surface area (Å²) in [6, 6.07) is 6.19. The number of carbonyl (C=O) groups is 1. The maximum atomic E-state index is 13.7. The van der Waals surface area contributed by atoms with Gasteiger partial charge in [0.2, 0.25) is 5.91 Å². The number of halogens is 1. The summed E-state index contributed by atoms with van der Waals surface area (Å²) in [7, 11) is 0. The number of aliphatic hydroxyl groups excluding tert-OH is 1. The molecular weight excluding hydrogens is 293 g/mol. The molecule has 0 aromatic heterocycles. The third-order valence-corrected chi connectivity index (χ3v) is 6.24. The summed E-state index contributed by atoms with van der Waals surface area (Å²) in [4.78, 5) is 12.8. The average Bonchev–Trinajstić information content (AvgIpc) is 2.51. The first kappa shape index (κ1) is 15.1. The predicted molar refractivity (Wildman–Crippen MR) is 85.0 cm³/mol. The molecule has 0 saturated heterocycles. The molecular formula is C19H24FNO2. The van der Waals surface area contributed by atoms with Gasteiger partial charge in [0.05, 0.1) is 6.10 Å². The van der Waals surface area contributed by atoms with Crippen LogP contribution in [-0.2, 0) is 4.79 Å². The van der Waals surface area contributed by atoms with Crippen LogP contribution < -0.4 is 5.32 Å². The van der Waals surface area contributed by atoms with Crippen LogP contribution in [0.2, 0.25) is 0 Å². The van der Waals surface area contributed by atoms with Gasteiger partial charge in [-0.1, -0.05) is 18.2 Å². The zero-order chi connectivity index (χ0) is 16.0. The Bertz CT molecular complexity index is 580. The molecule has 0 heterocycles. The lowest BCUT2D eigenvalue weighted by molar-refractivity contribution is -0.146. The molecule has 1 aromatic rings. The Kier molecular flexibility index (Phi) is 3.67. The number of amides is 1. The highest BCUT2D eigenvalue weighted by molar-refractivity contribution is 5.83. The third kappa shape index (κ3) is 2.67. The lowest BCUT2D eigenvalue weighted by atomic mass is 9.49. The molecule has 1 unspecified atom stereocenters. The average molecular weight is 317 g/mol. The monoisotopic (exact) mass is 317 g/mol. The van der Waals surface area contributed by atoms with Crippen LogP contribution in [0.3, 0.4) is 0 Å². The smallest absolute Gasteiger partial charge is 0.226 e. The van der Waals surface area contributed by atoms with Crippen LogP contribution in [0, 0.1) is 29.0 Å². The number of rotatable bonds is 4. The highest BCUT2D eigenvalue weighted by Crippen LogP contribution is 2.60. The Hall–Kier alpha value is -1.42. The second-order valence-electron chi connectivity index (χ2n) is 7.95. The normalized spacial score (nSPS) is 36.0. The fourth-order valence-electron chi connectivity index (χ4n) is 5.62. The lowest BCUT2D eigenvalue weighted by Gasteiger charge is -2.55. The Balaban J connectivity index is 1.42. The van der Waals surface area contributed by atoms with E-state index in [1.807, 2.05) is 0 Å². The van der Waals surface area contributed by atoms with Crippen molar-refractivity contribution in [2.75, 3.05) is 6.54 Å². The molecule has 0 spiro atoms. The zero-order valence-electron chi connectivity index (χ0n) is 13.3. The minimum atomic E-state index is -0.992. The fraction of sp³-hybridized carbons (Fsp3) is 0.632. The predicted octanol–water partition coefficient (Wildman–Crippen LogP) is 3.19. The highest BCUT2D eigenvalue weighted by atomic mass is 19.1. The molecule has 1 amide bonds. The Morgan fingerprint density at radius 2 is 1.74 bits per heavy atom. The van der Waals surface area contributed by atoms with Crippen molar-refractivity contribution in [3.63, 3.8) is 0 Å². The SMILES string of the molecule is O=C(NCC(O)c1ccccc1F)C12CC3CC(CC(C3)C1)C2. The van der Waals surface area contributed by atoms with E-state index in [1.54, 1.807) is 18.2 Å². The molecule has 0 radical (unpaired) electrons. The van der Waals surface area contributed by atoms with Gasteiger partial charge in [0.25, 0.3) is 0 Å². The van der Waals surface area contributed by atoms with E-state index in [0.29, 0.717) is 17.8 Å². The van der Waals surface area contributed by atoms with Gasteiger partial charge in [-0.15, -0.1) is 0 Å². The summed E-state index contributed by atoms with van der Waals surface area (Å²) in [5, 5.41) is 13.1. The zero-order valence-corrected chi connectivity index (χ0v) is 13.3. The molecule has 4 saturated carbocycles. The highest BCUT2D eigenvalue weighted by Gasteiger charge is 2.54. The van der Waals surface area contributed by atoms with Gasteiger partial charge in [0.1, 0.15) is 5.82 Å². The Labute approximate surface area is 136 Å². The molecule has 1 aromatic carbocycles. The number of nitrogens with one attached hydrogen (secondary N) is 1. The first-order valence-corrected chi connectivity index (χ1v) is 8.76. The first-order valence-electron chi connectivity index (χ1n) is 8.76. The molecule has 4 aliphatic carbocycles. The van der Waals surface area contributed by atoms with Crippen molar-refractivity contribution in [2.24, 2.45) is 23.2 Å². The van der Waals surface area contributed by atoms with Crippen LogP contribution >= 0.6 is 0 Å². The van der Waals surface area contributed by atoms with Crippen LogP contribution in [0.5, 0.6) is 0 Å². The van der Waals surface area contributed by atoms with Crippen LogP contribution in [-0.4, -0.2) is 17.6 Å². The van der Waals surface area contributed by atoms with E-state index in [4.69, 9.17) is 0 Å². The molecule has 5 rings (SSSR count). The molecule has 0 aliphatic heterocycles. The van der Waals surface area contributed by atoms with Crippen LogP contribution in [0.1, 0.15) is 50.2 Å². The van der Waals surface area contributed by atoms with Crippen LogP contribution in [0.15, 0.2) is 24.3 Å². The molecule has 124 valence electrons. The molecule has 4 bridgehead atoms. The number of benzene rings is 1. The van der Waals surface area contributed by atoms with Gasteiger partial charge in [-0.05, 0) is 62.3 Å². The minimum Gasteiger partial charge on any atom is -0.386 e. The van der Waals surface area contributed by atoms with Crippen molar-refractivity contribution < 1.29 is 14.3 Å². The van der Waals surface area contributed by atoms with Crippen molar-refractivity contribution in [3.05, 3.63) is 35.6 Å². The van der Waals surface area contributed by atoms with Gasteiger partial charge < -0.3 is 10.4 Å². The number of hydrogen-bond donors (Lipinski definition) is 2. The second-order valence-corrected chi connectivity index (χ2v) is 7.95. The van der Waals surface area contributed by atoms with Gasteiger partial charge in [0.15, 0.2) is 0 Å². The minimum absolute atomic E-state index is 0.0759. The summed E-state index contributed by atoms with van der Waals surface area (Å²) in [5.74, 6) is 1.78. The van der Waals surface area contributed by atoms with E-state index in [2.05, 4.69) is 5.32 Å². The molecule has 4 heteroatoms. The summed E-state index contributed by atoms with van der Waals surface area (Å²) >= 11 is 0. The van der Waals surface area contributed by atoms with Crippen LogP contribution in [0.4, 0.5) is 4.39 Å². The van der Waals surface area contributed by atoms with Gasteiger partial charge in [-0.2, -0.15) is 0 Å². The van der Waals surface area contributed by atoms with E-state index in [9.17, 15) is 14.3 Å². The molecule has 3 nitrogen and oxygen atoms in total. The van der Waals surface area contributed by atoms with Crippen molar-refractivity contribution >= 4 is 5.91 Å². The third-order valence-electron chi connectivity index (χ3n) is 6.24. The van der Waals surface area contributed by atoms with E-state index < -0.39 is 11.9 Å². The largest absolute Gasteiger partial charge is 0.386 e. The van der Waals surface area contributed by atoms with E-state index in [0.717, 1.165) is 19.3 Å². The first-order chi connectivity index (χ1) is 11.1. The van der Waals surface area contributed by atoms with E-state index in [1.165, 1.54) is 25.3 Å². The number of aliphatic hydroxyl groups is 1. The van der Waals surface area contributed by atoms with Gasteiger partial charge in [0, 0.05) is 17.5 Å². The van der Waals surface area contributed by atoms with E-state index in [-0.39, 0.29) is 23.4 Å². The van der Waals surface area contributed by atoms with E-state index >= 15 is 0 Å². The topological polar surface area (TPSA) is 49.3 Å². The summed E-state index contributed by atoms with van der Waals surface area (Å²) in [6.07, 6.45) is 5.90. The molecule has 1 atom stereocenters. The standard InChI is InChI=1S/C19H24FNO2/c20-16-4-2-1-3-15(16)17(22)11-21-18(23)19-8-12-5-13(9-19)7-14(6-12)10-19/h1-4,12-14,17,22H,5-11H2,(H,21,23).